The second-order valence-corrected chi connectivity index (χ2v) is 3.18. The summed E-state index contributed by atoms with van der Waals surface area (Å²) in [5, 5.41) is 11.3. The molecule has 0 amide bonds. The SMILES string of the molecule is CCOC(=O)C(C)NCC(C)=CC(=O)O. The molecule has 0 radical (unpaired) electrons. The minimum Gasteiger partial charge on any atom is -0.478 e. The van der Waals surface area contributed by atoms with Crippen LogP contribution < -0.4 is 5.32 Å². The maximum atomic E-state index is 11.2. The van der Waals surface area contributed by atoms with Crippen molar-refractivity contribution >= 4 is 11.9 Å². The van der Waals surface area contributed by atoms with Gasteiger partial charge in [-0.2, -0.15) is 0 Å². The van der Waals surface area contributed by atoms with Gasteiger partial charge in [-0.25, -0.2) is 4.79 Å². The molecular weight excluding hydrogens is 198 g/mol. The molecule has 0 heterocycles. The lowest BCUT2D eigenvalue weighted by Crippen LogP contribution is -2.36. The van der Waals surface area contributed by atoms with Gasteiger partial charge in [0.15, 0.2) is 0 Å². The van der Waals surface area contributed by atoms with Crippen LogP contribution in [0.1, 0.15) is 20.8 Å². The minimum absolute atomic E-state index is 0.333. The van der Waals surface area contributed by atoms with Crippen molar-refractivity contribution in [3.63, 3.8) is 0 Å². The fourth-order valence-electron chi connectivity index (χ4n) is 0.926. The number of aliphatic carboxylic acids is 1. The van der Waals surface area contributed by atoms with E-state index < -0.39 is 12.0 Å². The van der Waals surface area contributed by atoms with Gasteiger partial charge >= 0.3 is 11.9 Å². The van der Waals surface area contributed by atoms with E-state index in [4.69, 9.17) is 9.84 Å². The summed E-state index contributed by atoms with van der Waals surface area (Å²) in [6.45, 7) is 5.78. The lowest BCUT2D eigenvalue weighted by atomic mass is 10.2. The molecule has 0 aromatic heterocycles. The van der Waals surface area contributed by atoms with Crippen LogP contribution in [-0.4, -0.2) is 36.2 Å². The van der Waals surface area contributed by atoms with Crippen molar-refractivity contribution in [3.05, 3.63) is 11.6 Å². The van der Waals surface area contributed by atoms with Crippen LogP contribution in [0.3, 0.4) is 0 Å². The van der Waals surface area contributed by atoms with Gasteiger partial charge in [0.05, 0.1) is 6.61 Å². The highest BCUT2D eigenvalue weighted by molar-refractivity contribution is 5.80. The average Bonchev–Trinajstić information content (AvgIpc) is 2.13. The first-order chi connectivity index (χ1) is 6.97. The van der Waals surface area contributed by atoms with Crippen LogP contribution in [0.25, 0.3) is 0 Å². The number of ether oxygens (including phenoxy) is 1. The lowest BCUT2D eigenvalue weighted by Gasteiger charge is -2.12. The summed E-state index contributed by atoms with van der Waals surface area (Å²) in [6, 6.07) is -0.429. The molecule has 0 aliphatic heterocycles. The first kappa shape index (κ1) is 13.6. The van der Waals surface area contributed by atoms with Crippen LogP contribution in [0.5, 0.6) is 0 Å². The second-order valence-electron chi connectivity index (χ2n) is 3.18. The maximum absolute atomic E-state index is 11.2. The molecule has 0 aromatic carbocycles. The molecule has 0 saturated heterocycles. The van der Waals surface area contributed by atoms with Crippen LogP contribution >= 0.6 is 0 Å². The number of carbonyl (C=O) groups excluding carboxylic acids is 1. The van der Waals surface area contributed by atoms with E-state index in [-0.39, 0.29) is 5.97 Å². The van der Waals surface area contributed by atoms with Crippen molar-refractivity contribution in [3.8, 4) is 0 Å². The number of rotatable bonds is 6. The molecule has 0 fully saturated rings. The molecule has 15 heavy (non-hydrogen) atoms. The molecule has 0 aliphatic rings. The highest BCUT2D eigenvalue weighted by Gasteiger charge is 2.12. The molecule has 0 spiro atoms. The standard InChI is InChI=1S/C10H17NO4/c1-4-15-10(14)8(3)11-6-7(2)5-9(12)13/h5,8,11H,4,6H2,1-3H3,(H,12,13). The van der Waals surface area contributed by atoms with Crippen LogP contribution in [0.15, 0.2) is 11.6 Å². The van der Waals surface area contributed by atoms with E-state index in [2.05, 4.69) is 5.32 Å². The van der Waals surface area contributed by atoms with Crippen LogP contribution in [0.2, 0.25) is 0 Å². The number of carbonyl (C=O) groups is 2. The first-order valence-corrected chi connectivity index (χ1v) is 4.77. The van der Waals surface area contributed by atoms with Crippen molar-refractivity contribution in [1.82, 2.24) is 5.32 Å². The number of carboxylic acid groups (broad SMARTS) is 1. The average molecular weight is 215 g/mol. The number of nitrogens with one attached hydrogen (secondary N) is 1. The van der Waals surface area contributed by atoms with Crippen molar-refractivity contribution in [2.75, 3.05) is 13.2 Å². The van der Waals surface area contributed by atoms with Gasteiger partial charge in [0, 0.05) is 12.6 Å². The Balaban J connectivity index is 3.94. The molecule has 0 rings (SSSR count). The Hall–Kier alpha value is -1.36. The summed E-state index contributed by atoms with van der Waals surface area (Å²) in [4.78, 5) is 21.5. The fourth-order valence-corrected chi connectivity index (χ4v) is 0.926. The van der Waals surface area contributed by atoms with Gasteiger partial charge in [-0.05, 0) is 20.8 Å². The summed E-state index contributed by atoms with van der Waals surface area (Å²) < 4.78 is 4.78. The normalized spacial score (nSPS) is 13.4. The van der Waals surface area contributed by atoms with E-state index in [0.29, 0.717) is 18.7 Å². The summed E-state index contributed by atoms with van der Waals surface area (Å²) >= 11 is 0. The van der Waals surface area contributed by atoms with Crippen molar-refractivity contribution in [2.24, 2.45) is 0 Å². The first-order valence-electron chi connectivity index (χ1n) is 4.77. The van der Waals surface area contributed by atoms with E-state index >= 15 is 0 Å². The highest BCUT2D eigenvalue weighted by atomic mass is 16.5. The van der Waals surface area contributed by atoms with E-state index in [1.165, 1.54) is 0 Å². The Labute approximate surface area is 89.1 Å². The Bertz CT molecular complexity index is 260. The Kier molecular flexibility index (Phi) is 6.37. The molecule has 2 N–H and O–H groups in total. The van der Waals surface area contributed by atoms with E-state index in [9.17, 15) is 9.59 Å². The van der Waals surface area contributed by atoms with Crippen molar-refractivity contribution in [1.29, 1.82) is 0 Å². The van der Waals surface area contributed by atoms with Gasteiger partial charge in [0.25, 0.3) is 0 Å². The zero-order chi connectivity index (χ0) is 11.8. The molecule has 1 atom stereocenters. The Morgan fingerprint density at radius 2 is 2.13 bits per heavy atom. The van der Waals surface area contributed by atoms with Crippen molar-refractivity contribution in [2.45, 2.75) is 26.8 Å². The third-order valence-electron chi connectivity index (χ3n) is 1.70. The highest BCUT2D eigenvalue weighted by Crippen LogP contribution is 1.93. The number of carboxylic acids is 1. The largest absolute Gasteiger partial charge is 0.478 e. The molecule has 0 bridgehead atoms. The monoisotopic (exact) mass is 215 g/mol. The van der Waals surface area contributed by atoms with Gasteiger partial charge in [0.1, 0.15) is 6.04 Å². The lowest BCUT2D eigenvalue weighted by molar-refractivity contribution is -0.145. The van der Waals surface area contributed by atoms with Crippen LogP contribution in [0, 0.1) is 0 Å². The minimum atomic E-state index is -0.988. The smallest absolute Gasteiger partial charge is 0.328 e. The van der Waals surface area contributed by atoms with Gasteiger partial charge < -0.3 is 15.2 Å². The summed E-state index contributed by atoms with van der Waals surface area (Å²) in [7, 11) is 0. The maximum Gasteiger partial charge on any atom is 0.328 e. The fraction of sp³-hybridized carbons (Fsp3) is 0.600. The molecule has 0 saturated carbocycles. The zero-order valence-electron chi connectivity index (χ0n) is 9.24. The Morgan fingerprint density at radius 3 is 2.60 bits per heavy atom. The Morgan fingerprint density at radius 1 is 1.53 bits per heavy atom. The summed E-state index contributed by atoms with van der Waals surface area (Å²) in [6.07, 6.45) is 1.10. The van der Waals surface area contributed by atoms with Gasteiger partial charge in [-0.3, -0.25) is 4.79 Å². The number of hydrogen-bond acceptors (Lipinski definition) is 4. The van der Waals surface area contributed by atoms with Gasteiger partial charge in [-0.1, -0.05) is 5.57 Å². The zero-order valence-corrected chi connectivity index (χ0v) is 9.24. The third kappa shape index (κ3) is 6.68. The molecule has 86 valence electrons. The number of esters is 1. The molecule has 0 aromatic rings. The predicted molar refractivity (Wildman–Crippen MR) is 55.5 cm³/mol. The summed E-state index contributed by atoms with van der Waals surface area (Å²) in [5.41, 5.74) is 0.652. The molecule has 5 nitrogen and oxygen atoms in total. The molecular formula is C10H17NO4. The van der Waals surface area contributed by atoms with E-state index in [1.54, 1.807) is 20.8 Å². The van der Waals surface area contributed by atoms with E-state index in [1.807, 2.05) is 0 Å². The number of hydrogen-bond donors (Lipinski definition) is 2. The predicted octanol–water partition coefficient (Wildman–Crippen LogP) is 0.558. The van der Waals surface area contributed by atoms with Crippen LogP contribution in [-0.2, 0) is 14.3 Å². The molecule has 0 aliphatic carbocycles. The van der Waals surface area contributed by atoms with Crippen LogP contribution in [0.4, 0.5) is 0 Å². The summed E-state index contributed by atoms with van der Waals surface area (Å²) in [5.74, 6) is -1.32. The molecule has 5 heteroatoms. The quantitative estimate of drug-likeness (QED) is 0.500. The molecule has 1 unspecified atom stereocenters. The van der Waals surface area contributed by atoms with Gasteiger partial charge in [0.2, 0.25) is 0 Å². The topological polar surface area (TPSA) is 75.6 Å². The second kappa shape index (κ2) is 7.00. The van der Waals surface area contributed by atoms with E-state index in [0.717, 1.165) is 6.08 Å². The van der Waals surface area contributed by atoms with Crippen molar-refractivity contribution < 1.29 is 19.4 Å². The third-order valence-corrected chi connectivity index (χ3v) is 1.70. The van der Waals surface area contributed by atoms with Gasteiger partial charge in [-0.15, -0.1) is 0 Å².